The van der Waals surface area contributed by atoms with Gasteiger partial charge in [-0.25, -0.2) is 4.98 Å². The molecule has 4 heteroatoms. The van der Waals surface area contributed by atoms with Gasteiger partial charge in [-0.15, -0.1) is 0 Å². The van der Waals surface area contributed by atoms with E-state index in [9.17, 15) is 0 Å². The van der Waals surface area contributed by atoms with Gasteiger partial charge in [0.2, 0.25) is 0 Å². The van der Waals surface area contributed by atoms with E-state index in [-0.39, 0.29) is 6.10 Å². The second-order valence-electron chi connectivity index (χ2n) is 3.35. The molecule has 0 unspecified atom stereocenters. The van der Waals surface area contributed by atoms with Crippen molar-refractivity contribution < 1.29 is 4.74 Å². The van der Waals surface area contributed by atoms with Crippen LogP contribution in [0.5, 0.6) is 5.75 Å². The van der Waals surface area contributed by atoms with Crippen LogP contribution in [0.15, 0.2) is 18.2 Å². The Morgan fingerprint density at radius 1 is 1.43 bits per heavy atom. The Hall–Kier alpha value is -1.29. The van der Waals surface area contributed by atoms with E-state index >= 15 is 0 Å². The largest absolute Gasteiger partial charge is 0.491 e. The fourth-order valence-electron chi connectivity index (χ4n) is 1.27. The Balaban J connectivity index is 2.40. The molecule has 2 N–H and O–H groups in total. The highest BCUT2D eigenvalue weighted by molar-refractivity contribution is 7.22. The fraction of sp³-hybridized carbons (Fsp3) is 0.300. The second kappa shape index (κ2) is 3.46. The van der Waals surface area contributed by atoms with Gasteiger partial charge < -0.3 is 10.5 Å². The summed E-state index contributed by atoms with van der Waals surface area (Å²) in [7, 11) is 0. The van der Waals surface area contributed by atoms with Crippen LogP contribution in [0.25, 0.3) is 10.2 Å². The maximum atomic E-state index is 5.61. The Morgan fingerprint density at radius 3 is 2.93 bits per heavy atom. The number of benzene rings is 1. The SMILES string of the molecule is CC(C)Oc1ccc2sc(N)nc2c1. The van der Waals surface area contributed by atoms with E-state index in [1.807, 2.05) is 32.0 Å². The molecule has 1 aromatic heterocycles. The number of fused-ring (bicyclic) bond motifs is 1. The average molecular weight is 208 g/mol. The Morgan fingerprint density at radius 2 is 2.21 bits per heavy atom. The number of rotatable bonds is 2. The molecule has 2 aromatic rings. The third-order valence-electron chi connectivity index (χ3n) is 1.75. The van der Waals surface area contributed by atoms with Crippen molar-refractivity contribution in [3.05, 3.63) is 18.2 Å². The van der Waals surface area contributed by atoms with Gasteiger partial charge in [-0.1, -0.05) is 11.3 Å². The van der Waals surface area contributed by atoms with E-state index in [1.165, 1.54) is 11.3 Å². The lowest BCUT2D eigenvalue weighted by Gasteiger charge is -2.08. The number of hydrogen-bond acceptors (Lipinski definition) is 4. The third kappa shape index (κ3) is 1.80. The topological polar surface area (TPSA) is 48.1 Å². The van der Waals surface area contributed by atoms with Gasteiger partial charge in [0.05, 0.1) is 16.3 Å². The lowest BCUT2D eigenvalue weighted by Crippen LogP contribution is -2.05. The van der Waals surface area contributed by atoms with E-state index in [1.54, 1.807) is 0 Å². The van der Waals surface area contributed by atoms with E-state index in [0.29, 0.717) is 5.13 Å². The van der Waals surface area contributed by atoms with Crippen molar-refractivity contribution in [3.63, 3.8) is 0 Å². The maximum absolute atomic E-state index is 5.61. The zero-order valence-electron chi connectivity index (χ0n) is 8.15. The molecule has 0 bridgehead atoms. The number of thiazole rings is 1. The maximum Gasteiger partial charge on any atom is 0.181 e. The molecule has 0 aliphatic heterocycles. The first kappa shape index (κ1) is 9.27. The molecular formula is C10H12N2OS. The molecule has 0 radical (unpaired) electrons. The Bertz CT molecular complexity index is 450. The molecule has 0 fully saturated rings. The van der Waals surface area contributed by atoms with Crippen molar-refractivity contribution in [2.45, 2.75) is 20.0 Å². The number of anilines is 1. The van der Waals surface area contributed by atoms with Crippen LogP contribution in [0.4, 0.5) is 5.13 Å². The molecule has 0 saturated carbocycles. The molecule has 2 rings (SSSR count). The van der Waals surface area contributed by atoms with Crippen molar-refractivity contribution in [1.82, 2.24) is 4.98 Å². The molecule has 0 aliphatic carbocycles. The Labute approximate surface area is 86.5 Å². The van der Waals surface area contributed by atoms with Gasteiger partial charge in [0.15, 0.2) is 5.13 Å². The molecule has 0 spiro atoms. The summed E-state index contributed by atoms with van der Waals surface area (Å²) < 4.78 is 6.65. The first-order valence-corrected chi connectivity index (χ1v) is 5.29. The highest BCUT2D eigenvalue weighted by atomic mass is 32.1. The van der Waals surface area contributed by atoms with Crippen molar-refractivity contribution in [3.8, 4) is 5.75 Å². The summed E-state index contributed by atoms with van der Waals surface area (Å²) in [4.78, 5) is 4.20. The minimum absolute atomic E-state index is 0.184. The summed E-state index contributed by atoms with van der Waals surface area (Å²) in [5, 5.41) is 0.599. The quantitative estimate of drug-likeness (QED) is 0.825. The molecule has 3 nitrogen and oxygen atoms in total. The zero-order valence-corrected chi connectivity index (χ0v) is 8.97. The Kier molecular flexibility index (Phi) is 2.29. The van der Waals surface area contributed by atoms with Crippen LogP contribution in [-0.2, 0) is 0 Å². The van der Waals surface area contributed by atoms with Crippen LogP contribution in [0.1, 0.15) is 13.8 Å². The fourth-order valence-corrected chi connectivity index (χ4v) is 1.99. The molecule has 0 saturated heterocycles. The lowest BCUT2D eigenvalue weighted by molar-refractivity contribution is 0.243. The molecule has 1 heterocycles. The number of aromatic nitrogens is 1. The van der Waals surface area contributed by atoms with Gasteiger partial charge in [0.25, 0.3) is 0 Å². The van der Waals surface area contributed by atoms with Gasteiger partial charge in [0.1, 0.15) is 5.75 Å². The lowest BCUT2D eigenvalue weighted by atomic mass is 10.3. The number of nitrogens with zero attached hydrogens (tertiary/aromatic N) is 1. The summed E-state index contributed by atoms with van der Waals surface area (Å²) in [5.41, 5.74) is 6.52. The number of ether oxygens (including phenoxy) is 1. The van der Waals surface area contributed by atoms with Crippen molar-refractivity contribution >= 4 is 26.7 Å². The van der Waals surface area contributed by atoms with E-state index in [4.69, 9.17) is 10.5 Å². The van der Waals surface area contributed by atoms with Crippen molar-refractivity contribution in [1.29, 1.82) is 0 Å². The summed E-state index contributed by atoms with van der Waals surface area (Å²) >= 11 is 1.49. The molecule has 0 atom stereocenters. The number of nitrogens with two attached hydrogens (primary N) is 1. The summed E-state index contributed by atoms with van der Waals surface area (Å²) in [5.74, 6) is 0.845. The monoisotopic (exact) mass is 208 g/mol. The van der Waals surface area contributed by atoms with Crippen LogP contribution in [-0.4, -0.2) is 11.1 Å². The first-order valence-electron chi connectivity index (χ1n) is 4.48. The summed E-state index contributed by atoms with van der Waals surface area (Å²) in [6.07, 6.45) is 0.184. The van der Waals surface area contributed by atoms with Gasteiger partial charge in [-0.3, -0.25) is 0 Å². The van der Waals surface area contributed by atoms with Gasteiger partial charge in [-0.05, 0) is 26.0 Å². The third-order valence-corrected chi connectivity index (χ3v) is 2.61. The van der Waals surface area contributed by atoms with Crippen molar-refractivity contribution in [2.75, 3.05) is 5.73 Å². The van der Waals surface area contributed by atoms with Crippen LogP contribution in [0.3, 0.4) is 0 Å². The molecule has 1 aromatic carbocycles. The van der Waals surface area contributed by atoms with Crippen LogP contribution < -0.4 is 10.5 Å². The summed E-state index contributed by atoms with van der Waals surface area (Å²) in [6.45, 7) is 4.00. The van der Waals surface area contributed by atoms with Gasteiger partial charge >= 0.3 is 0 Å². The van der Waals surface area contributed by atoms with Crippen LogP contribution in [0.2, 0.25) is 0 Å². The molecule has 14 heavy (non-hydrogen) atoms. The highest BCUT2D eigenvalue weighted by Crippen LogP contribution is 2.27. The van der Waals surface area contributed by atoms with E-state index in [0.717, 1.165) is 16.0 Å². The summed E-state index contributed by atoms with van der Waals surface area (Å²) in [6, 6.07) is 5.85. The van der Waals surface area contributed by atoms with Gasteiger partial charge in [-0.2, -0.15) is 0 Å². The average Bonchev–Trinajstić information content (AvgIpc) is 2.42. The predicted octanol–water partition coefficient (Wildman–Crippen LogP) is 2.67. The smallest absolute Gasteiger partial charge is 0.181 e. The second-order valence-corrected chi connectivity index (χ2v) is 4.41. The number of nitrogen functional groups attached to an aromatic ring is 1. The minimum atomic E-state index is 0.184. The minimum Gasteiger partial charge on any atom is -0.491 e. The van der Waals surface area contributed by atoms with Gasteiger partial charge in [0, 0.05) is 6.07 Å². The molecular weight excluding hydrogens is 196 g/mol. The normalized spacial score (nSPS) is 11.1. The van der Waals surface area contributed by atoms with Crippen LogP contribution in [0, 0.1) is 0 Å². The first-order chi connectivity index (χ1) is 6.65. The van der Waals surface area contributed by atoms with E-state index < -0.39 is 0 Å². The zero-order chi connectivity index (χ0) is 10.1. The highest BCUT2D eigenvalue weighted by Gasteiger charge is 2.03. The number of hydrogen-bond donors (Lipinski definition) is 1. The van der Waals surface area contributed by atoms with Crippen LogP contribution >= 0.6 is 11.3 Å². The standard InChI is InChI=1S/C10H12N2OS/c1-6(2)13-7-3-4-9-8(5-7)12-10(11)14-9/h3-6H,1-2H3,(H2,11,12). The molecule has 74 valence electrons. The van der Waals surface area contributed by atoms with E-state index in [2.05, 4.69) is 4.98 Å². The predicted molar refractivity (Wildman–Crippen MR) is 59.8 cm³/mol. The van der Waals surface area contributed by atoms with Crippen molar-refractivity contribution in [2.24, 2.45) is 0 Å². The molecule has 0 aliphatic rings. The molecule has 0 amide bonds.